The lowest BCUT2D eigenvalue weighted by atomic mass is 10.2. The van der Waals surface area contributed by atoms with Crippen molar-refractivity contribution < 1.29 is 14.3 Å². The molecule has 0 aliphatic carbocycles. The van der Waals surface area contributed by atoms with Crippen molar-refractivity contribution in [3.05, 3.63) is 47.1 Å². The number of halogens is 1. The molecule has 7 heteroatoms. The molecule has 1 aromatic carbocycles. The van der Waals surface area contributed by atoms with Gasteiger partial charge in [0.2, 0.25) is 5.88 Å². The van der Waals surface area contributed by atoms with Gasteiger partial charge >= 0.3 is 6.09 Å². The van der Waals surface area contributed by atoms with Crippen molar-refractivity contribution in [1.82, 2.24) is 4.98 Å². The largest absolute Gasteiger partial charge is 0.444 e. The van der Waals surface area contributed by atoms with E-state index in [4.69, 9.17) is 26.3 Å². The van der Waals surface area contributed by atoms with Crippen LogP contribution in [0.2, 0.25) is 5.02 Å². The van der Waals surface area contributed by atoms with Crippen LogP contribution in [-0.4, -0.2) is 16.7 Å². The van der Waals surface area contributed by atoms with Gasteiger partial charge in [0.05, 0.1) is 5.02 Å². The molecule has 0 spiro atoms. The highest BCUT2D eigenvalue weighted by Crippen LogP contribution is 2.31. The highest BCUT2D eigenvalue weighted by molar-refractivity contribution is 6.32. The van der Waals surface area contributed by atoms with E-state index in [2.05, 4.69) is 10.3 Å². The van der Waals surface area contributed by atoms with Crippen molar-refractivity contribution in [2.75, 3.05) is 5.32 Å². The molecule has 1 aromatic heterocycles. The Labute approximate surface area is 145 Å². The van der Waals surface area contributed by atoms with Gasteiger partial charge in [-0.1, -0.05) is 17.7 Å². The first-order valence-electron chi connectivity index (χ1n) is 7.11. The Hall–Kier alpha value is -2.78. The van der Waals surface area contributed by atoms with Crippen molar-refractivity contribution in [3.63, 3.8) is 0 Å². The number of carbonyl (C=O) groups is 1. The molecule has 1 amide bonds. The summed E-state index contributed by atoms with van der Waals surface area (Å²) < 4.78 is 10.7. The summed E-state index contributed by atoms with van der Waals surface area (Å²) in [7, 11) is 0. The molecule has 124 valence electrons. The van der Waals surface area contributed by atoms with E-state index in [9.17, 15) is 4.79 Å². The van der Waals surface area contributed by atoms with Gasteiger partial charge in [0, 0.05) is 11.8 Å². The van der Waals surface area contributed by atoms with E-state index in [1.54, 1.807) is 51.1 Å². The lowest BCUT2D eigenvalue weighted by molar-refractivity contribution is 0.0636. The van der Waals surface area contributed by atoms with Crippen molar-refractivity contribution >= 4 is 23.4 Å². The molecular weight excluding hydrogens is 330 g/mol. The number of nitrogens with zero attached hydrogens (tertiary/aromatic N) is 2. The van der Waals surface area contributed by atoms with Crippen LogP contribution in [0.25, 0.3) is 0 Å². The molecule has 2 rings (SSSR count). The average molecular weight is 346 g/mol. The van der Waals surface area contributed by atoms with E-state index in [-0.39, 0.29) is 16.6 Å². The van der Waals surface area contributed by atoms with Gasteiger partial charge in [-0.2, -0.15) is 5.26 Å². The molecule has 0 radical (unpaired) electrons. The third-order valence-electron chi connectivity index (χ3n) is 2.63. The summed E-state index contributed by atoms with van der Waals surface area (Å²) in [4.78, 5) is 15.7. The van der Waals surface area contributed by atoms with Crippen LogP contribution in [0.1, 0.15) is 26.5 Å². The maximum Gasteiger partial charge on any atom is 0.412 e. The Bertz CT molecular complexity index is 794. The van der Waals surface area contributed by atoms with E-state index in [0.29, 0.717) is 11.4 Å². The summed E-state index contributed by atoms with van der Waals surface area (Å²) >= 11 is 6.16. The fourth-order valence-electron chi connectivity index (χ4n) is 1.73. The first kappa shape index (κ1) is 17.6. The average Bonchev–Trinajstić information content (AvgIpc) is 2.48. The third kappa shape index (κ3) is 5.14. The SMILES string of the molecule is CC(C)(C)OC(=O)Nc1ccc(Oc2cccc(C#N)n2)c(Cl)c1. The Kier molecular flexibility index (Phi) is 5.27. The highest BCUT2D eigenvalue weighted by atomic mass is 35.5. The molecular formula is C17H16ClN3O3. The van der Waals surface area contributed by atoms with E-state index in [1.807, 2.05) is 6.07 Å². The Balaban J connectivity index is 2.09. The van der Waals surface area contributed by atoms with Crippen LogP contribution in [0.5, 0.6) is 11.6 Å². The minimum Gasteiger partial charge on any atom is -0.444 e. The van der Waals surface area contributed by atoms with Gasteiger partial charge < -0.3 is 9.47 Å². The Morgan fingerprint density at radius 2 is 2.04 bits per heavy atom. The number of aromatic nitrogens is 1. The number of benzene rings is 1. The number of hydrogen-bond acceptors (Lipinski definition) is 5. The molecule has 0 saturated heterocycles. The first-order valence-corrected chi connectivity index (χ1v) is 7.49. The molecule has 0 bridgehead atoms. The molecule has 0 saturated carbocycles. The molecule has 24 heavy (non-hydrogen) atoms. The number of rotatable bonds is 3. The fourth-order valence-corrected chi connectivity index (χ4v) is 1.95. The lowest BCUT2D eigenvalue weighted by Gasteiger charge is -2.19. The van der Waals surface area contributed by atoms with Crippen LogP contribution in [0, 0.1) is 11.3 Å². The second-order valence-electron chi connectivity index (χ2n) is 5.85. The van der Waals surface area contributed by atoms with Crippen LogP contribution in [0.15, 0.2) is 36.4 Å². The standard InChI is InChI=1S/C17H16ClN3O3/c1-17(2,3)24-16(22)21-11-7-8-14(13(18)9-11)23-15-6-4-5-12(10-19)20-15/h4-9H,1-3H3,(H,21,22). The van der Waals surface area contributed by atoms with Crippen LogP contribution in [-0.2, 0) is 4.74 Å². The topological polar surface area (TPSA) is 84.2 Å². The zero-order valence-corrected chi connectivity index (χ0v) is 14.2. The number of pyridine rings is 1. The fraction of sp³-hybridized carbons (Fsp3) is 0.235. The Morgan fingerprint density at radius 3 is 2.67 bits per heavy atom. The van der Waals surface area contributed by atoms with Crippen LogP contribution in [0.3, 0.4) is 0 Å². The number of nitrogens with one attached hydrogen (secondary N) is 1. The smallest absolute Gasteiger partial charge is 0.412 e. The van der Waals surface area contributed by atoms with Gasteiger partial charge in [-0.15, -0.1) is 0 Å². The van der Waals surface area contributed by atoms with E-state index >= 15 is 0 Å². The summed E-state index contributed by atoms with van der Waals surface area (Å²) in [6.45, 7) is 5.33. The maximum atomic E-state index is 11.7. The number of amides is 1. The van der Waals surface area contributed by atoms with Crippen molar-refractivity contribution in [1.29, 1.82) is 5.26 Å². The van der Waals surface area contributed by atoms with Gasteiger partial charge in [-0.05, 0) is 45.0 Å². The quantitative estimate of drug-likeness (QED) is 0.868. The van der Waals surface area contributed by atoms with Crippen molar-refractivity contribution in [2.24, 2.45) is 0 Å². The predicted octanol–water partition coefficient (Wildman–Crippen LogP) is 4.75. The molecule has 0 aliphatic heterocycles. The predicted molar refractivity (Wildman–Crippen MR) is 90.3 cm³/mol. The number of hydrogen-bond donors (Lipinski definition) is 1. The normalized spacial score (nSPS) is 10.6. The first-order chi connectivity index (χ1) is 11.3. The monoisotopic (exact) mass is 345 g/mol. The van der Waals surface area contributed by atoms with Crippen LogP contribution >= 0.6 is 11.6 Å². The maximum absolute atomic E-state index is 11.7. The summed E-state index contributed by atoms with van der Waals surface area (Å²) in [6.07, 6.45) is -0.573. The van der Waals surface area contributed by atoms with Gasteiger partial charge in [0.1, 0.15) is 23.1 Å². The van der Waals surface area contributed by atoms with Gasteiger partial charge in [-0.25, -0.2) is 9.78 Å². The summed E-state index contributed by atoms with van der Waals surface area (Å²) in [5.74, 6) is 0.609. The molecule has 0 aliphatic rings. The zero-order valence-electron chi connectivity index (χ0n) is 13.5. The number of nitriles is 1. The van der Waals surface area contributed by atoms with Crippen LogP contribution < -0.4 is 10.1 Å². The Morgan fingerprint density at radius 1 is 1.29 bits per heavy atom. The van der Waals surface area contributed by atoms with E-state index in [1.165, 1.54) is 6.07 Å². The summed E-state index contributed by atoms with van der Waals surface area (Å²) in [5, 5.41) is 11.7. The lowest BCUT2D eigenvalue weighted by Crippen LogP contribution is -2.27. The minimum atomic E-state index is -0.589. The summed E-state index contributed by atoms with van der Waals surface area (Å²) in [6, 6.07) is 11.5. The zero-order chi connectivity index (χ0) is 17.7. The molecule has 0 atom stereocenters. The summed E-state index contributed by atoms with van der Waals surface area (Å²) in [5.41, 5.74) is 0.126. The van der Waals surface area contributed by atoms with Crippen LogP contribution in [0.4, 0.5) is 10.5 Å². The minimum absolute atomic E-state index is 0.242. The van der Waals surface area contributed by atoms with Crippen molar-refractivity contribution in [3.8, 4) is 17.7 Å². The second kappa shape index (κ2) is 7.20. The van der Waals surface area contributed by atoms with Gasteiger partial charge in [0.15, 0.2) is 0 Å². The second-order valence-corrected chi connectivity index (χ2v) is 6.25. The molecule has 1 N–H and O–H groups in total. The molecule has 0 fully saturated rings. The molecule has 6 nitrogen and oxygen atoms in total. The molecule has 1 heterocycles. The number of carbonyl (C=O) groups excluding carboxylic acids is 1. The van der Waals surface area contributed by atoms with E-state index < -0.39 is 11.7 Å². The third-order valence-corrected chi connectivity index (χ3v) is 2.93. The van der Waals surface area contributed by atoms with Gasteiger partial charge in [0.25, 0.3) is 0 Å². The number of anilines is 1. The van der Waals surface area contributed by atoms with Gasteiger partial charge in [-0.3, -0.25) is 5.32 Å². The van der Waals surface area contributed by atoms with E-state index in [0.717, 1.165) is 0 Å². The molecule has 2 aromatic rings. The molecule has 0 unspecified atom stereocenters. The van der Waals surface area contributed by atoms with Crippen molar-refractivity contribution in [2.45, 2.75) is 26.4 Å². The number of ether oxygens (including phenoxy) is 2. The highest BCUT2D eigenvalue weighted by Gasteiger charge is 2.16.